The van der Waals surface area contributed by atoms with Crippen LogP contribution in [0.2, 0.25) is 0 Å². The average Bonchev–Trinajstić information content (AvgIpc) is 2.37. The van der Waals surface area contributed by atoms with E-state index in [0.29, 0.717) is 6.42 Å². The molecule has 3 nitrogen and oxygen atoms in total. The average molecular weight is 277 g/mol. The Balaban J connectivity index is 2.32. The SMILES string of the molecule is CSc1ccc(C2CC(=O)NC(=O)C2C(C)C)cc1. The van der Waals surface area contributed by atoms with Gasteiger partial charge in [-0.2, -0.15) is 0 Å². The van der Waals surface area contributed by atoms with Gasteiger partial charge in [-0.25, -0.2) is 0 Å². The van der Waals surface area contributed by atoms with Crippen molar-refractivity contribution in [3.63, 3.8) is 0 Å². The summed E-state index contributed by atoms with van der Waals surface area (Å²) in [7, 11) is 0. The summed E-state index contributed by atoms with van der Waals surface area (Å²) in [6, 6.07) is 8.18. The molecule has 1 saturated heterocycles. The minimum Gasteiger partial charge on any atom is -0.296 e. The molecular formula is C15H19NO2S. The van der Waals surface area contributed by atoms with Gasteiger partial charge >= 0.3 is 0 Å². The molecule has 0 spiro atoms. The van der Waals surface area contributed by atoms with Gasteiger partial charge in [-0.05, 0) is 29.9 Å². The summed E-state index contributed by atoms with van der Waals surface area (Å²) in [5.74, 6) is -0.209. The van der Waals surface area contributed by atoms with Crippen LogP contribution < -0.4 is 5.32 Å². The molecule has 4 heteroatoms. The second-order valence-corrected chi connectivity index (χ2v) is 6.15. The predicted octanol–water partition coefficient (Wildman–Crippen LogP) is 2.81. The normalized spacial score (nSPS) is 23.6. The number of rotatable bonds is 3. The molecule has 1 fully saturated rings. The lowest BCUT2D eigenvalue weighted by molar-refractivity contribution is -0.138. The molecule has 0 aliphatic carbocycles. The van der Waals surface area contributed by atoms with Crippen LogP contribution in [0.5, 0.6) is 0 Å². The van der Waals surface area contributed by atoms with E-state index in [9.17, 15) is 9.59 Å². The van der Waals surface area contributed by atoms with Crippen LogP contribution in [0.4, 0.5) is 0 Å². The lowest BCUT2D eigenvalue weighted by atomic mass is 9.75. The summed E-state index contributed by atoms with van der Waals surface area (Å²) in [5.41, 5.74) is 1.08. The van der Waals surface area contributed by atoms with Crippen molar-refractivity contribution < 1.29 is 9.59 Å². The number of thioether (sulfide) groups is 1. The maximum Gasteiger partial charge on any atom is 0.230 e. The number of amides is 2. The standard InChI is InChI=1S/C15H19NO2S/c1-9(2)14-12(8-13(17)16-15(14)18)10-4-6-11(19-3)7-5-10/h4-7,9,12,14H,8H2,1-3H3,(H,16,17,18). The Hall–Kier alpha value is -1.29. The first-order valence-electron chi connectivity index (χ1n) is 6.50. The Labute approximate surface area is 118 Å². The van der Waals surface area contributed by atoms with Crippen molar-refractivity contribution in [3.05, 3.63) is 29.8 Å². The van der Waals surface area contributed by atoms with E-state index < -0.39 is 0 Å². The minimum absolute atomic E-state index is 0.00263. The van der Waals surface area contributed by atoms with E-state index in [4.69, 9.17) is 0 Å². The van der Waals surface area contributed by atoms with Crippen molar-refractivity contribution in [2.45, 2.75) is 31.1 Å². The molecule has 1 aromatic rings. The van der Waals surface area contributed by atoms with Gasteiger partial charge in [0, 0.05) is 23.2 Å². The molecule has 2 rings (SSSR count). The van der Waals surface area contributed by atoms with E-state index in [-0.39, 0.29) is 29.6 Å². The largest absolute Gasteiger partial charge is 0.296 e. The second kappa shape index (κ2) is 5.78. The topological polar surface area (TPSA) is 46.2 Å². The summed E-state index contributed by atoms with van der Waals surface area (Å²) >= 11 is 1.69. The van der Waals surface area contributed by atoms with Crippen LogP contribution in [-0.2, 0) is 9.59 Å². The van der Waals surface area contributed by atoms with E-state index >= 15 is 0 Å². The van der Waals surface area contributed by atoms with Gasteiger partial charge in [0.05, 0.1) is 0 Å². The fraction of sp³-hybridized carbons (Fsp3) is 0.467. The zero-order valence-corrected chi connectivity index (χ0v) is 12.3. The molecule has 2 unspecified atom stereocenters. The molecule has 0 saturated carbocycles. The molecule has 2 atom stereocenters. The van der Waals surface area contributed by atoms with Crippen molar-refractivity contribution in [2.75, 3.05) is 6.26 Å². The van der Waals surface area contributed by atoms with Crippen molar-refractivity contribution in [3.8, 4) is 0 Å². The quantitative estimate of drug-likeness (QED) is 0.682. The molecule has 102 valence electrons. The third-order valence-corrected chi connectivity index (χ3v) is 4.41. The van der Waals surface area contributed by atoms with E-state index in [1.807, 2.05) is 44.4 Å². The first kappa shape index (κ1) is 14.1. The maximum absolute atomic E-state index is 12.0. The second-order valence-electron chi connectivity index (χ2n) is 5.27. The Morgan fingerprint density at radius 2 is 1.84 bits per heavy atom. The van der Waals surface area contributed by atoms with Crippen LogP contribution in [0.25, 0.3) is 0 Å². The molecule has 1 N–H and O–H groups in total. The van der Waals surface area contributed by atoms with Crippen molar-refractivity contribution in [1.29, 1.82) is 0 Å². The number of benzene rings is 1. The van der Waals surface area contributed by atoms with Gasteiger partial charge in [0.15, 0.2) is 0 Å². The zero-order valence-electron chi connectivity index (χ0n) is 11.5. The number of hydrogen-bond donors (Lipinski definition) is 1. The van der Waals surface area contributed by atoms with Gasteiger partial charge in [0.1, 0.15) is 0 Å². The van der Waals surface area contributed by atoms with Gasteiger partial charge < -0.3 is 0 Å². The van der Waals surface area contributed by atoms with Crippen LogP contribution in [0.3, 0.4) is 0 Å². The van der Waals surface area contributed by atoms with Crippen molar-refractivity contribution >= 4 is 23.6 Å². The number of carbonyl (C=O) groups excluding carboxylic acids is 2. The van der Waals surface area contributed by atoms with E-state index in [1.165, 1.54) is 4.90 Å². The summed E-state index contributed by atoms with van der Waals surface area (Å²) in [6.45, 7) is 4.06. The molecule has 0 aromatic heterocycles. The molecule has 1 aromatic carbocycles. The van der Waals surface area contributed by atoms with Crippen LogP contribution in [0.1, 0.15) is 31.7 Å². The van der Waals surface area contributed by atoms with E-state index in [2.05, 4.69) is 5.32 Å². The molecule has 1 aliphatic heterocycles. The van der Waals surface area contributed by atoms with Crippen LogP contribution >= 0.6 is 11.8 Å². The summed E-state index contributed by atoms with van der Waals surface area (Å²) in [5, 5.41) is 2.45. The lowest BCUT2D eigenvalue weighted by Crippen LogP contribution is -2.46. The number of piperidine rings is 1. The van der Waals surface area contributed by atoms with Crippen molar-refractivity contribution in [1.82, 2.24) is 5.32 Å². The summed E-state index contributed by atoms with van der Waals surface area (Å²) < 4.78 is 0. The Bertz CT molecular complexity index is 481. The number of nitrogens with one attached hydrogen (secondary N) is 1. The maximum atomic E-state index is 12.0. The Kier molecular flexibility index (Phi) is 4.30. The van der Waals surface area contributed by atoms with E-state index in [0.717, 1.165) is 5.56 Å². The first-order valence-corrected chi connectivity index (χ1v) is 7.73. The molecule has 1 heterocycles. The molecule has 19 heavy (non-hydrogen) atoms. The molecule has 1 aliphatic rings. The number of hydrogen-bond acceptors (Lipinski definition) is 3. The van der Waals surface area contributed by atoms with Gasteiger partial charge in [-0.15, -0.1) is 11.8 Å². The van der Waals surface area contributed by atoms with Gasteiger partial charge in [0.2, 0.25) is 11.8 Å². The Morgan fingerprint density at radius 3 is 2.37 bits per heavy atom. The monoisotopic (exact) mass is 277 g/mol. The van der Waals surface area contributed by atoms with Crippen molar-refractivity contribution in [2.24, 2.45) is 11.8 Å². The third kappa shape index (κ3) is 3.00. The molecular weight excluding hydrogens is 258 g/mol. The summed E-state index contributed by atoms with van der Waals surface area (Å²) in [6.07, 6.45) is 2.43. The number of imide groups is 1. The highest BCUT2D eigenvalue weighted by Crippen LogP contribution is 2.36. The Morgan fingerprint density at radius 1 is 1.21 bits per heavy atom. The highest BCUT2D eigenvalue weighted by molar-refractivity contribution is 7.98. The highest BCUT2D eigenvalue weighted by Gasteiger charge is 2.38. The van der Waals surface area contributed by atoms with Gasteiger partial charge in [0.25, 0.3) is 0 Å². The summed E-state index contributed by atoms with van der Waals surface area (Å²) in [4.78, 5) is 24.8. The molecule has 2 amide bonds. The van der Waals surface area contributed by atoms with Gasteiger partial charge in [-0.3, -0.25) is 14.9 Å². The lowest BCUT2D eigenvalue weighted by Gasteiger charge is -2.33. The first-order chi connectivity index (χ1) is 9.02. The van der Waals surface area contributed by atoms with E-state index in [1.54, 1.807) is 11.8 Å². The van der Waals surface area contributed by atoms with Crippen LogP contribution in [-0.4, -0.2) is 18.1 Å². The molecule has 0 bridgehead atoms. The van der Waals surface area contributed by atoms with Crippen LogP contribution in [0, 0.1) is 11.8 Å². The fourth-order valence-electron chi connectivity index (χ4n) is 2.72. The number of carbonyl (C=O) groups is 2. The zero-order chi connectivity index (χ0) is 14.0. The predicted molar refractivity (Wildman–Crippen MR) is 77.1 cm³/mol. The smallest absolute Gasteiger partial charge is 0.230 e. The molecule has 0 radical (unpaired) electrons. The minimum atomic E-state index is -0.166. The third-order valence-electron chi connectivity index (χ3n) is 3.67. The van der Waals surface area contributed by atoms with Gasteiger partial charge in [-0.1, -0.05) is 26.0 Å². The van der Waals surface area contributed by atoms with Crippen LogP contribution in [0.15, 0.2) is 29.2 Å². The highest BCUT2D eigenvalue weighted by atomic mass is 32.2. The fourth-order valence-corrected chi connectivity index (χ4v) is 3.13.